The Bertz CT molecular complexity index is 1060. The van der Waals surface area contributed by atoms with Gasteiger partial charge in [0.2, 0.25) is 0 Å². The van der Waals surface area contributed by atoms with E-state index in [1.165, 1.54) is 18.2 Å². The smallest absolute Gasteiger partial charge is 0.273 e. The molecule has 0 bridgehead atoms. The second kappa shape index (κ2) is 8.08. The summed E-state index contributed by atoms with van der Waals surface area (Å²) in [5, 5.41) is 11.4. The Morgan fingerprint density at radius 3 is 2.83 bits per heavy atom. The number of halogens is 1. The van der Waals surface area contributed by atoms with Crippen LogP contribution in [0.15, 0.2) is 46.9 Å². The van der Waals surface area contributed by atoms with E-state index in [2.05, 4.69) is 4.98 Å². The van der Waals surface area contributed by atoms with Crippen LogP contribution < -0.4 is 4.74 Å². The highest BCUT2D eigenvalue weighted by atomic mass is 35.5. The molecular weight excluding hydrogens is 398 g/mol. The number of nitro benzene ring substituents is 1. The first kappa shape index (κ1) is 19.2. The van der Waals surface area contributed by atoms with Crippen LogP contribution >= 0.6 is 11.6 Å². The van der Waals surface area contributed by atoms with E-state index in [4.69, 9.17) is 20.8 Å². The molecule has 0 aliphatic carbocycles. The van der Waals surface area contributed by atoms with E-state index in [1.54, 1.807) is 29.2 Å². The van der Waals surface area contributed by atoms with Crippen molar-refractivity contribution in [3.63, 3.8) is 0 Å². The van der Waals surface area contributed by atoms with E-state index in [0.717, 1.165) is 18.4 Å². The molecule has 29 heavy (non-hydrogen) atoms. The second-order valence-corrected chi connectivity index (χ2v) is 7.30. The number of hydrogen-bond donors (Lipinski definition) is 0. The maximum atomic E-state index is 12.4. The molecule has 0 N–H and O–H groups in total. The SMILES string of the molecule is O=C(COc1cccc([N+](=O)[O-])c1)N1CCC(c2nc3cc(Cl)ccc3o2)CC1. The Kier molecular flexibility index (Phi) is 5.35. The quantitative estimate of drug-likeness (QED) is 0.458. The summed E-state index contributed by atoms with van der Waals surface area (Å²) in [5.74, 6) is 0.956. The number of likely N-dealkylation sites (tertiary alicyclic amines) is 1. The largest absolute Gasteiger partial charge is 0.484 e. The van der Waals surface area contributed by atoms with Gasteiger partial charge in [-0.2, -0.15) is 0 Å². The molecule has 1 aliphatic heterocycles. The van der Waals surface area contributed by atoms with Crippen molar-refractivity contribution in [3.8, 4) is 5.75 Å². The fraction of sp³-hybridized carbons (Fsp3) is 0.300. The molecule has 2 aromatic carbocycles. The van der Waals surface area contributed by atoms with Crippen LogP contribution in [0.1, 0.15) is 24.7 Å². The minimum Gasteiger partial charge on any atom is -0.484 e. The molecule has 4 rings (SSSR count). The zero-order valence-electron chi connectivity index (χ0n) is 15.4. The highest BCUT2D eigenvalue weighted by Gasteiger charge is 2.27. The normalized spacial score (nSPS) is 14.9. The number of nitrogens with zero attached hydrogens (tertiary/aromatic N) is 3. The summed E-state index contributed by atoms with van der Waals surface area (Å²) in [6.07, 6.45) is 1.48. The molecule has 1 amide bonds. The minimum absolute atomic E-state index is 0.0737. The van der Waals surface area contributed by atoms with Gasteiger partial charge in [0.15, 0.2) is 18.1 Å². The lowest BCUT2D eigenvalue weighted by Crippen LogP contribution is -2.40. The van der Waals surface area contributed by atoms with Gasteiger partial charge in [-0.3, -0.25) is 14.9 Å². The summed E-state index contributed by atoms with van der Waals surface area (Å²) < 4.78 is 11.3. The highest BCUT2D eigenvalue weighted by Crippen LogP contribution is 2.31. The number of ether oxygens (including phenoxy) is 1. The van der Waals surface area contributed by atoms with E-state index in [1.807, 2.05) is 0 Å². The molecule has 1 aliphatic rings. The summed E-state index contributed by atoms with van der Waals surface area (Å²) in [5.41, 5.74) is 1.36. The van der Waals surface area contributed by atoms with Gasteiger partial charge in [-0.15, -0.1) is 0 Å². The lowest BCUT2D eigenvalue weighted by Gasteiger charge is -2.30. The second-order valence-electron chi connectivity index (χ2n) is 6.86. The van der Waals surface area contributed by atoms with Gasteiger partial charge in [0, 0.05) is 30.1 Å². The molecule has 3 aromatic rings. The molecule has 1 fully saturated rings. The number of nitro groups is 1. The third-order valence-electron chi connectivity index (χ3n) is 4.95. The standard InChI is InChI=1S/C20H18ClN3O5/c21-14-4-5-18-17(10-14)22-20(29-18)13-6-8-23(9-7-13)19(25)12-28-16-3-1-2-15(11-16)24(26)27/h1-5,10-11,13H,6-9,12H2. The van der Waals surface area contributed by atoms with Crippen LogP contribution in [0, 0.1) is 10.1 Å². The molecule has 150 valence electrons. The Balaban J connectivity index is 1.32. The Labute approximate surface area is 171 Å². The molecule has 8 nitrogen and oxygen atoms in total. The molecule has 0 radical (unpaired) electrons. The van der Waals surface area contributed by atoms with Crippen molar-refractivity contribution in [3.05, 3.63) is 63.5 Å². The number of benzene rings is 2. The molecule has 0 spiro atoms. The van der Waals surface area contributed by atoms with Gasteiger partial charge in [-0.05, 0) is 37.1 Å². The van der Waals surface area contributed by atoms with Crippen molar-refractivity contribution in [2.24, 2.45) is 0 Å². The molecule has 1 aromatic heterocycles. The average Bonchev–Trinajstić information content (AvgIpc) is 3.15. The highest BCUT2D eigenvalue weighted by molar-refractivity contribution is 6.31. The van der Waals surface area contributed by atoms with E-state index in [-0.39, 0.29) is 24.1 Å². The lowest BCUT2D eigenvalue weighted by molar-refractivity contribution is -0.384. The summed E-state index contributed by atoms with van der Waals surface area (Å²) in [6, 6.07) is 11.1. The van der Waals surface area contributed by atoms with Gasteiger partial charge in [-0.25, -0.2) is 4.98 Å². The van der Waals surface area contributed by atoms with Gasteiger partial charge >= 0.3 is 0 Å². The molecule has 2 heterocycles. The third kappa shape index (κ3) is 4.32. The van der Waals surface area contributed by atoms with Crippen LogP contribution in [0.5, 0.6) is 5.75 Å². The first-order valence-corrected chi connectivity index (χ1v) is 9.58. The van der Waals surface area contributed by atoms with Crippen LogP contribution in [0.25, 0.3) is 11.1 Å². The van der Waals surface area contributed by atoms with Crippen molar-refractivity contribution < 1.29 is 18.9 Å². The van der Waals surface area contributed by atoms with Crippen LogP contribution in [0.2, 0.25) is 5.02 Å². The number of rotatable bonds is 5. The minimum atomic E-state index is -0.500. The Morgan fingerprint density at radius 1 is 1.28 bits per heavy atom. The monoisotopic (exact) mass is 415 g/mol. The number of carbonyl (C=O) groups excluding carboxylic acids is 1. The molecule has 0 saturated carbocycles. The van der Waals surface area contributed by atoms with Gasteiger partial charge in [0.25, 0.3) is 11.6 Å². The van der Waals surface area contributed by atoms with Crippen LogP contribution in [0.4, 0.5) is 5.69 Å². The van der Waals surface area contributed by atoms with Crippen molar-refractivity contribution in [1.82, 2.24) is 9.88 Å². The van der Waals surface area contributed by atoms with Gasteiger partial charge < -0.3 is 14.1 Å². The molecular formula is C20H18ClN3O5. The third-order valence-corrected chi connectivity index (χ3v) is 5.19. The van der Waals surface area contributed by atoms with E-state index < -0.39 is 4.92 Å². The van der Waals surface area contributed by atoms with Gasteiger partial charge in [-0.1, -0.05) is 17.7 Å². The lowest BCUT2D eigenvalue weighted by atomic mass is 9.97. The topological polar surface area (TPSA) is 98.7 Å². The number of fused-ring (bicyclic) bond motifs is 1. The summed E-state index contributed by atoms with van der Waals surface area (Å²) >= 11 is 5.99. The number of carbonyl (C=O) groups is 1. The zero-order valence-corrected chi connectivity index (χ0v) is 16.2. The fourth-order valence-corrected chi connectivity index (χ4v) is 3.56. The van der Waals surface area contributed by atoms with E-state index in [0.29, 0.717) is 35.3 Å². The van der Waals surface area contributed by atoms with Crippen LogP contribution in [0.3, 0.4) is 0 Å². The summed E-state index contributed by atoms with van der Waals surface area (Å²) in [7, 11) is 0. The van der Waals surface area contributed by atoms with Gasteiger partial charge in [0.1, 0.15) is 11.3 Å². The maximum Gasteiger partial charge on any atom is 0.273 e. The predicted octanol–water partition coefficient (Wildman–Crippen LogP) is 4.17. The number of non-ortho nitro benzene ring substituents is 1. The first-order valence-electron chi connectivity index (χ1n) is 9.20. The number of hydrogen-bond acceptors (Lipinski definition) is 6. The molecule has 1 saturated heterocycles. The Hall–Kier alpha value is -3.13. The maximum absolute atomic E-state index is 12.4. The van der Waals surface area contributed by atoms with Crippen LogP contribution in [-0.4, -0.2) is 40.4 Å². The van der Waals surface area contributed by atoms with Gasteiger partial charge in [0.05, 0.1) is 11.0 Å². The number of oxazole rings is 1. The number of aromatic nitrogens is 1. The van der Waals surface area contributed by atoms with E-state index in [9.17, 15) is 14.9 Å². The first-order chi connectivity index (χ1) is 14.0. The number of amides is 1. The number of piperidine rings is 1. The summed E-state index contributed by atoms with van der Waals surface area (Å²) in [6.45, 7) is 0.982. The predicted molar refractivity (Wildman–Crippen MR) is 106 cm³/mol. The van der Waals surface area contributed by atoms with Crippen molar-refractivity contribution in [2.45, 2.75) is 18.8 Å². The molecule has 0 unspecified atom stereocenters. The van der Waals surface area contributed by atoms with Crippen molar-refractivity contribution >= 4 is 34.3 Å². The van der Waals surface area contributed by atoms with Crippen molar-refractivity contribution in [1.29, 1.82) is 0 Å². The average molecular weight is 416 g/mol. The summed E-state index contributed by atoms with van der Waals surface area (Å²) in [4.78, 5) is 29.0. The van der Waals surface area contributed by atoms with Crippen LogP contribution in [-0.2, 0) is 4.79 Å². The molecule has 9 heteroatoms. The Morgan fingerprint density at radius 2 is 2.07 bits per heavy atom. The molecule has 0 atom stereocenters. The van der Waals surface area contributed by atoms with E-state index >= 15 is 0 Å². The van der Waals surface area contributed by atoms with Crippen molar-refractivity contribution in [2.75, 3.05) is 19.7 Å². The zero-order chi connectivity index (χ0) is 20.4. The fourth-order valence-electron chi connectivity index (χ4n) is 3.39.